The highest BCUT2D eigenvalue weighted by molar-refractivity contribution is 8.00. The standard InChI is InChI=1S/C26H25N3O4S/c1-16-7-10-19(11-8-16)28-25(31)15-34-23-6-4-3-5-20(23)26(32)27-17(2)18-9-12-22-21(13-18)29-24(30)14-33-22/h3-13,17H,14-15H2,1-2H3,(H,27,32)(H,28,31)(H,29,30). The van der Waals surface area contributed by atoms with Crippen molar-refractivity contribution in [2.75, 3.05) is 23.0 Å². The molecule has 8 heteroatoms. The van der Waals surface area contributed by atoms with Crippen molar-refractivity contribution in [2.45, 2.75) is 24.8 Å². The summed E-state index contributed by atoms with van der Waals surface area (Å²) in [6, 6.07) is 19.9. The largest absolute Gasteiger partial charge is 0.482 e. The second kappa shape index (κ2) is 10.4. The van der Waals surface area contributed by atoms with Crippen LogP contribution in [0.2, 0.25) is 0 Å². The highest BCUT2D eigenvalue weighted by Gasteiger charge is 2.20. The minimum atomic E-state index is -0.306. The summed E-state index contributed by atoms with van der Waals surface area (Å²) in [6.45, 7) is 3.86. The first-order chi connectivity index (χ1) is 16.4. The van der Waals surface area contributed by atoms with E-state index >= 15 is 0 Å². The third kappa shape index (κ3) is 5.77. The number of amides is 3. The van der Waals surface area contributed by atoms with E-state index in [2.05, 4.69) is 16.0 Å². The number of anilines is 2. The summed E-state index contributed by atoms with van der Waals surface area (Å²) in [6.07, 6.45) is 0. The number of benzene rings is 3. The van der Waals surface area contributed by atoms with Crippen LogP contribution < -0.4 is 20.7 Å². The number of ether oxygens (including phenoxy) is 1. The molecular weight excluding hydrogens is 450 g/mol. The third-order valence-electron chi connectivity index (χ3n) is 5.31. The first-order valence-electron chi connectivity index (χ1n) is 10.8. The van der Waals surface area contributed by atoms with Gasteiger partial charge in [-0.25, -0.2) is 0 Å². The summed E-state index contributed by atoms with van der Waals surface area (Å²) >= 11 is 1.31. The van der Waals surface area contributed by atoms with Gasteiger partial charge in [-0.2, -0.15) is 0 Å². The van der Waals surface area contributed by atoms with Crippen molar-refractivity contribution in [3.05, 3.63) is 83.4 Å². The second-order valence-electron chi connectivity index (χ2n) is 7.99. The topological polar surface area (TPSA) is 96.5 Å². The lowest BCUT2D eigenvalue weighted by Gasteiger charge is -2.21. The molecule has 1 heterocycles. The Morgan fingerprint density at radius 2 is 1.85 bits per heavy atom. The van der Waals surface area contributed by atoms with Crippen LogP contribution >= 0.6 is 11.8 Å². The van der Waals surface area contributed by atoms with Gasteiger partial charge >= 0.3 is 0 Å². The second-order valence-corrected chi connectivity index (χ2v) is 9.00. The van der Waals surface area contributed by atoms with Gasteiger partial charge in [0.1, 0.15) is 5.75 Å². The van der Waals surface area contributed by atoms with Gasteiger partial charge in [-0.15, -0.1) is 11.8 Å². The van der Waals surface area contributed by atoms with E-state index in [1.165, 1.54) is 11.8 Å². The number of thioether (sulfide) groups is 1. The Kier molecular flexibility index (Phi) is 7.18. The molecule has 3 N–H and O–H groups in total. The lowest BCUT2D eigenvalue weighted by atomic mass is 10.1. The molecule has 34 heavy (non-hydrogen) atoms. The highest BCUT2D eigenvalue weighted by atomic mass is 32.2. The Bertz CT molecular complexity index is 1230. The summed E-state index contributed by atoms with van der Waals surface area (Å²) in [7, 11) is 0. The van der Waals surface area contributed by atoms with Gasteiger partial charge < -0.3 is 20.7 Å². The van der Waals surface area contributed by atoms with E-state index in [-0.39, 0.29) is 36.1 Å². The van der Waals surface area contributed by atoms with E-state index in [9.17, 15) is 14.4 Å². The normalized spacial score (nSPS) is 13.2. The van der Waals surface area contributed by atoms with E-state index < -0.39 is 0 Å². The first kappa shape index (κ1) is 23.4. The average molecular weight is 476 g/mol. The van der Waals surface area contributed by atoms with E-state index in [1.807, 2.05) is 56.3 Å². The van der Waals surface area contributed by atoms with Crippen molar-refractivity contribution in [3.8, 4) is 5.75 Å². The Labute approximate surface area is 202 Å². The molecule has 1 aliphatic rings. The molecule has 3 amide bonds. The van der Waals surface area contributed by atoms with Gasteiger partial charge in [0.2, 0.25) is 5.91 Å². The lowest BCUT2D eigenvalue weighted by molar-refractivity contribution is -0.118. The molecule has 0 fully saturated rings. The Morgan fingerprint density at radius 1 is 1.09 bits per heavy atom. The number of aryl methyl sites for hydroxylation is 1. The van der Waals surface area contributed by atoms with E-state index in [4.69, 9.17) is 4.74 Å². The van der Waals surface area contributed by atoms with Crippen LogP contribution in [0.25, 0.3) is 0 Å². The summed E-state index contributed by atoms with van der Waals surface area (Å²) in [5.74, 6) is 0.188. The molecule has 174 valence electrons. The van der Waals surface area contributed by atoms with Crippen molar-refractivity contribution < 1.29 is 19.1 Å². The predicted molar refractivity (Wildman–Crippen MR) is 133 cm³/mol. The van der Waals surface area contributed by atoms with Gasteiger partial charge in [-0.3, -0.25) is 14.4 Å². The summed E-state index contributed by atoms with van der Waals surface area (Å²) in [4.78, 5) is 37.7. The average Bonchev–Trinajstić information content (AvgIpc) is 2.83. The summed E-state index contributed by atoms with van der Waals surface area (Å²) < 4.78 is 5.39. The molecular formula is C26H25N3O4S. The third-order valence-corrected chi connectivity index (χ3v) is 6.38. The zero-order valence-corrected chi connectivity index (χ0v) is 19.7. The van der Waals surface area contributed by atoms with Gasteiger partial charge in [0.25, 0.3) is 11.8 Å². The van der Waals surface area contributed by atoms with Crippen molar-refractivity contribution >= 4 is 40.9 Å². The number of carbonyl (C=O) groups is 3. The molecule has 0 bridgehead atoms. The smallest absolute Gasteiger partial charge is 0.262 e. The van der Waals surface area contributed by atoms with Crippen LogP contribution in [-0.2, 0) is 9.59 Å². The maximum absolute atomic E-state index is 13.0. The number of carbonyl (C=O) groups excluding carboxylic acids is 3. The van der Waals surface area contributed by atoms with Crippen LogP contribution in [0, 0.1) is 6.92 Å². The number of hydrogen-bond acceptors (Lipinski definition) is 5. The molecule has 0 aliphatic carbocycles. The monoisotopic (exact) mass is 475 g/mol. The quantitative estimate of drug-likeness (QED) is 0.436. The molecule has 0 saturated heterocycles. The molecule has 4 rings (SSSR count). The van der Waals surface area contributed by atoms with Gasteiger partial charge in [0.15, 0.2) is 6.61 Å². The summed E-state index contributed by atoms with van der Waals surface area (Å²) in [5, 5.41) is 8.65. The molecule has 0 spiro atoms. The fourth-order valence-electron chi connectivity index (χ4n) is 3.49. The fraction of sp³-hybridized carbons (Fsp3) is 0.192. The van der Waals surface area contributed by atoms with Crippen LogP contribution in [0.1, 0.15) is 34.5 Å². The van der Waals surface area contributed by atoms with Gasteiger partial charge in [0.05, 0.1) is 23.0 Å². The predicted octanol–water partition coefficient (Wildman–Crippen LogP) is 4.55. The minimum absolute atomic E-state index is 0.00384. The van der Waals surface area contributed by atoms with Gasteiger partial charge in [-0.1, -0.05) is 35.9 Å². The number of rotatable bonds is 7. The van der Waals surface area contributed by atoms with E-state index in [1.54, 1.807) is 24.3 Å². The van der Waals surface area contributed by atoms with Crippen LogP contribution in [-0.4, -0.2) is 30.1 Å². The van der Waals surface area contributed by atoms with Crippen LogP contribution in [0.15, 0.2) is 71.6 Å². The van der Waals surface area contributed by atoms with E-state index in [0.29, 0.717) is 17.0 Å². The molecule has 3 aromatic carbocycles. The number of hydrogen-bond donors (Lipinski definition) is 3. The maximum Gasteiger partial charge on any atom is 0.262 e. The molecule has 3 aromatic rings. The van der Waals surface area contributed by atoms with Crippen molar-refractivity contribution in [1.82, 2.24) is 5.32 Å². The Morgan fingerprint density at radius 3 is 2.65 bits per heavy atom. The zero-order valence-electron chi connectivity index (χ0n) is 18.9. The molecule has 0 aromatic heterocycles. The molecule has 7 nitrogen and oxygen atoms in total. The molecule has 0 radical (unpaired) electrons. The minimum Gasteiger partial charge on any atom is -0.482 e. The molecule has 1 unspecified atom stereocenters. The van der Waals surface area contributed by atoms with E-state index in [0.717, 1.165) is 21.7 Å². The van der Waals surface area contributed by atoms with Crippen molar-refractivity contribution in [2.24, 2.45) is 0 Å². The SMILES string of the molecule is Cc1ccc(NC(=O)CSc2ccccc2C(=O)NC(C)c2ccc3c(c2)NC(=O)CO3)cc1. The van der Waals surface area contributed by atoms with Crippen molar-refractivity contribution in [3.63, 3.8) is 0 Å². The van der Waals surface area contributed by atoms with Gasteiger partial charge in [0, 0.05) is 10.6 Å². The lowest BCUT2D eigenvalue weighted by Crippen LogP contribution is -2.28. The fourth-order valence-corrected chi connectivity index (χ4v) is 4.33. The van der Waals surface area contributed by atoms with Crippen LogP contribution in [0.3, 0.4) is 0 Å². The maximum atomic E-state index is 13.0. The Balaban J connectivity index is 1.39. The molecule has 1 atom stereocenters. The molecule has 0 saturated carbocycles. The van der Waals surface area contributed by atoms with Crippen LogP contribution in [0.4, 0.5) is 11.4 Å². The first-order valence-corrected chi connectivity index (χ1v) is 11.8. The summed E-state index contributed by atoms with van der Waals surface area (Å²) in [5.41, 5.74) is 3.78. The van der Waals surface area contributed by atoms with Crippen LogP contribution in [0.5, 0.6) is 5.75 Å². The van der Waals surface area contributed by atoms with Gasteiger partial charge in [-0.05, 0) is 55.8 Å². The zero-order chi connectivity index (χ0) is 24.1. The van der Waals surface area contributed by atoms with Crippen molar-refractivity contribution in [1.29, 1.82) is 0 Å². The number of nitrogens with one attached hydrogen (secondary N) is 3. The number of fused-ring (bicyclic) bond motifs is 1. The highest BCUT2D eigenvalue weighted by Crippen LogP contribution is 2.31. The Hall–Kier alpha value is -3.78. The molecule has 1 aliphatic heterocycles.